The summed E-state index contributed by atoms with van der Waals surface area (Å²) in [5, 5.41) is 18.0. The van der Waals surface area contributed by atoms with Crippen molar-refractivity contribution in [3.05, 3.63) is 0 Å². The van der Waals surface area contributed by atoms with E-state index >= 15 is 0 Å². The summed E-state index contributed by atoms with van der Waals surface area (Å²) >= 11 is 0. The fraction of sp³-hybridized carbons (Fsp3) is 0.778. The second-order valence-electron chi connectivity index (χ2n) is 3.89. The standard InChI is InChI=1S/C9H12N2O2/c10-6-9(2-3-9)8(13)11-4-1-7(12)5-11/h7,12H,1-5H2/t7-/m0/s1. The summed E-state index contributed by atoms with van der Waals surface area (Å²) in [5.41, 5.74) is -0.718. The van der Waals surface area contributed by atoms with Crippen molar-refractivity contribution < 1.29 is 9.90 Å². The highest BCUT2D eigenvalue weighted by Crippen LogP contribution is 2.46. The van der Waals surface area contributed by atoms with Crippen LogP contribution in [0.15, 0.2) is 0 Å². The third-order valence-corrected chi connectivity index (χ3v) is 2.82. The van der Waals surface area contributed by atoms with Gasteiger partial charge in [0, 0.05) is 13.1 Å². The van der Waals surface area contributed by atoms with Gasteiger partial charge in [-0.05, 0) is 19.3 Å². The average Bonchev–Trinajstić information content (AvgIpc) is 2.82. The van der Waals surface area contributed by atoms with Crippen LogP contribution in [0, 0.1) is 16.7 Å². The van der Waals surface area contributed by atoms with Crippen LogP contribution in [0.5, 0.6) is 0 Å². The molecule has 0 radical (unpaired) electrons. The Kier molecular flexibility index (Phi) is 1.77. The Balaban J connectivity index is 2.03. The fourth-order valence-electron chi connectivity index (χ4n) is 1.73. The molecule has 1 amide bonds. The first kappa shape index (κ1) is 8.52. The maximum Gasteiger partial charge on any atom is 0.243 e. The van der Waals surface area contributed by atoms with Crippen molar-refractivity contribution in [2.45, 2.75) is 25.4 Å². The third-order valence-electron chi connectivity index (χ3n) is 2.82. The Morgan fingerprint density at radius 3 is 2.69 bits per heavy atom. The number of hydrogen-bond acceptors (Lipinski definition) is 3. The van der Waals surface area contributed by atoms with Crippen molar-refractivity contribution in [3.8, 4) is 6.07 Å². The molecular formula is C9H12N2O2. The number of nitriles is 1. The molecule has 2 fully saturated rings. The zero-order valence-corrected chi connectivity index (χ0v) is 7.36. The Bertz CT molecular complexity index is 278. The van der Waals surface area contributed by atoms with Crippen LogP contribution in [0.25, 0.3) is 0 Å². The predicted molar refractivity (Wildman–Crippen MR) is 44.5 cm³/mol. The second kappa shape index (κ2) is 2.71. The lowest BCUT2D eigenvalue weighted by molar-refractivity contribution is -0.134. The zero-order valence-electron chi connectivity index (χ0n) is 7.36. The van der Waals surface area contributed by atoms with E-state index < -0.39 is 11.5 Å². The topological polar surface area (TPSA) is 64.3 Å². The summed E-state index contributed by atoms with van der Waals surface area (Å²) in [6.45, 7) is 1.01. The molecule has 1 N–H and O–H groups in total. The zero-order chi connectivity index (χ0) is 9.47. The molecular weight excluding hydrogens is 168 g/mol. The van der Waals surface area contributed by atoms with Gasteiger partial charge >= 0.3 is 0 Å². The molecule has 0 aromatic heterocycles. The summed E-state index contributed by atoms with van der Waals surface area (Å²) < 4.78 is 0. The molecule has 4 heteroatoms. The van der Waals surface area contributed by atoms with Gasteiger partial charge in [-0.2, -0.15) is 5.26 Å². The van der Waals surface area contributed by atoms with E-state index in [4.69, 9.17) is 5.26 Å². The molecule has 1 aliphatic heterocycles. The number of amides is 1. The normalized spacial score (nSPS) is 29.8. The summed E-state index contributed by atoms with van der Waals surface area (Å²) in [6.07, 6.45) is 1.63. The van der Waals surface area contributed by atoms with Crippen molar-refractivity contribution in [1.29, 1.82) is 5.26 Å². The Hall–Kier alpha value is -1.08. The first-order valence-corrected chi connectivity index (χ1v) is 4.57. The van der Waals surface area contributed by atoms with Gasteiger partial charge in [-0.1, -0.05) is 0 Å². The van der Waals surface area contributed by atoms with Gasteiger partial charge in [0.05, 0.1) is 12.2 Å². The molecule has 1 saturated heterocycles. The molecule has 1 atom stereocenters. The maximum absolute atomic E-state index is 11.7. The molecule has 1 heterocycles. The highest BCUT2D eigenvalue weighted by Gasteiger charge is 2.53. The summed E-state index contributed by atoms with van der Waals surface area (Å²) in [4.78, 5) is 13.3. The number of aliphatic hydroxyl groups is 1. The average molecular weight is 180 g/mol. The van der Waals surface area contributed by atoms with Crippen LogP contribution in [0.1, 0.15) is 19.3 Å². The number of likely N-dealkylation sites (tertiary alicyclic amines) is 1. The van der Waals surface area contributed by atoms with E-state index in [2.05, 4.69) is 6.07 Å². The minimum absolute atomic E-state index is 0.0773. The molecule has 0 spiro atoms. The molecule has 13 heavy (non-hydrogen) atoms. The molecule has 2 aliphatic rings. The highest BCUT2D eigenvalue weighted by atomic mass is 16.3. The van der Waals surface area contributed by atoms with Crippen molar-refractivity contribution >= 4 is 5.91 Å². The number of hydrogen-bond donors (Lipinski definition) is 1. The van der Waals surface area contributed by atoms with Gasteiger partial charge in [-0.3, -0.25) is 4.79 Å². The number of carbonyl (C=O) groups is 1. The number of β-amino-alcohol motifs (C(OH)–C–C–N with tert-alkyl or cyclic N) is 1. The van der Waals surface area contributed by atoms with E-state index in [9.17, 15) is 9.90 Å². The van der Waals surface area contributed by atoms with Crippen LogP contribution in [0.4, 0.5) is 0 Å². The Morgan fingerprint density at radius 2 is 2.31 bits per heavy atom. The quantitative estimate of drug-likeness (QED) is 0.612. The first-order chi connectivity index (χ1) is 6.18. The molecule has 0 unspecified atom stereocenters. The minimum atomic E-state index is -0.718. The van der Waals surface area contributed by atoms with E-state index in [0.29, 0.717) is 32.4 Å². The molecule has 1 aliphatic carbocycles. The van der Waals surface area contributed by atoms with E-state index in [1.165, 1.54) is 0 Å². The smallest absolute Gasteiger partial charge is 0.243 e. The Labute approximate surface area is 76.8 Å². The summed E-state index contributed by atoms with van der Waals surface area (Å²) in [5.74, 6) is -0.0773. The van der Waals surface area contributed by atoms with Crippen LogP contribution >= 0.6 is 0 Å². The third kappa shape index (κ3) is 1.29. The number of nitrogens with zero attached hydrogens (tertiary/aromatic N) is 2. The van der Waals surface area contributed by atoms with Gasteiger partial charge < -0.3 is 10.0 Å². The van der Waals surface area contributed by atoms with Gasteiger partial charge in [0.2, 0.25) is 5.91 Å². The lowest BCUT2D eigenvalue weighted by Crippen LogP contribution is -2.35. The van der Waals surface area contributed by atoms with Crippen LogP contribution in [-0.2, 0) is 4.79 Å². The second-order valence-corrected chi connectivity index (χ2v) is 3.89. The van der Waals surface area contributed by atoms with Gasteiger partial charge in [0.25, 0.3) is 0 Å². The van der Waals surface area contributed by atoms with Crippen LogP contribution in [-0.4, -0.2) is 35.1 Å². The number of rotatable bonds is 1. The van der Waals surface area contributed by atoms with E-state index in [0.717, 1.165) is 0 Å². The Morgan fingerprint density at radius 1 is 1.62 bits per heavy atom. The van der Waals surface area contributed by atoms with Crippen LogP contribution < -0.4 is 0 Å². The van der Waals surface area contributed by atoms with Gasteiger partial charge in [0.15, 0.2) is 0 Å². The van der Waals surface area contributed by atoms with Crippen LogP contribution in [0.3, 0.4) is 0 Å². The van der Waals surface area contributed by atoms with Crippen LogP contribution in [0.2, 0.25) is 0 Å². The lowest BCUT2D eigenvalue weighted by atomic mass is 10.1. The largest absolute Gasteiger partial charge is 0.391 e. The minimum Gasteiger partial charge on any atom is -0.391 e. The summed E-state index contributed by atoms with van der Waals surface area (Å²) in [7, 11) is 0. The fourth-order valence-corrected chi connectivity index (χ4v) is 1.73. The number of carbonyl (C=O) groups excluding carboxylic acids is 1. The van der Waals surface area contributed by atoms with Crippen molar-refractivity contribution in [2.24, 2.45) is 5.41 Å². The molecule has 0 bridgehead atoms. The van der Waals surface area contributed by atoms with Gasteiger partial charge in [-0.15, -0.1) is 0 Å². The van der Waals surface area contributed by atoms with Crippen molar-refractivity contribution in [2.75, 3.05) is 13.1 Å². The van der Waals surface area contributed by atoms with Crippen molar-refractivity contribution in [1.82, 2.24) is 4.90 Å². The number of aliphatic hydroxyl groups excluding tert-OH is 1. The predicted octanol–water partition coefficient (Wildman–Crippen LogP) is -0.117. The SMILES string of the molecule is N#CC1(C(=O)N2CC[C@H](O)C2)CC1. The van der Waals surface area contributed by atoms with E-state index in [-0.39, 0.29) is 5.91 Å². The molecule has 0 aromatic rings. The monoisotopic (exact) mass is 180 g/mol. The van der Waals surface area contributed by atoms with E-state index in [1.54, 1.807) is 4.90 Å². The molecule has 2 rings (SSSR count). The van der Waals surface area contributed by atoms with E-state index in [1.807, 2.05) is 0 Å². The van der Waals surface area contributed by atoms with Gasteiger partial charge in [-0.25, -0.2) is 0 Å². The maximum atomic E-state index is 11.7. The molecule has 1 saturated carbocycles. The summed E-state index contributed by atoms with van der Waals surface area (Å²) in [6, 6.07) is 2.07. The lowest BCUT2D eigenvalue weighted by Gasteiger charge is -2.17. The molecule has 4 nitrogen and oxygen atoms in total. The first-order valence-electron chi connectivity index (χ1n) is 4.57. The van der Waals surface area contributed by atoms with Crippen molar-refractivity contribution in [3.63, 3.8) is 0 Å². The van der Waals surface area contributed by atoms with Gasteiger partial charge in [0.1, 0.15) is 5.41 Å². The molecule has 0 aromatic carbocycles. The highest BCUT2D eigenvalue weighted by molar-refractivity contribution is 5.88. The molecule has 70 valence electrons.